The van der Waals surface area contributed by atoms with E-state index in [1.807, 2.05) is 0 Å². The summed E-state index contributed by atoms with van der Waals surface area (Å²) in [5, 5.41) is 6.19. The van der Waals surface area contributed by atoms with Crippen LogP contribution in [0.5, 0.6) is 0 Å². The monoisotopic (exact) mass is 242 g/mol. The zero-order chi connectivity index (χ0) is 12.0. The minimum Gasteiger partial charge on any atom is -0.434 e. The minimum atomic E-state index is -1.07. The summed E-state index contributed by atoms with van der Waals surface area (Å²) in [5.74, 6) is -0.439. The van der Waals surface area contributed by atoms with Crippen molar-refractivity contribution in [1.82, 2.24) is 10.2 Å². The van der Waals surface area contributed by atoms with Gasteiger partial charge in [-0.1, -0.05) is 19.6 Å². The Labute approximate surface area is 96.2 Å². The second-order valence-electron chi connectivity index (χ2n) is 4.74. The van der Waals surface area contributed by atoms with E-state index in [2.05, 4.69) is 29.8 Å². The first-order valence-corrected chi connectivity index (χ1v) is 8.94. The molecule has 0 unspecified atom stereocenters. The van der Waals surface area contributed by atoms with Crippen molar-refractivity contribution >= 4 is 14.0 Å². The number of carbonyl (C=O) groups excluding carboxylic acids is 1. The highest BCUT2D eigenvalue weighted by molar-refractivity contribution is 6.76. The zero-order valence-corrected chi connectivity index (χ0v) is 10.9. The molecule has 1 aromatic heterocycles. The molecule has 0 aliphatic rings. The van der Waals surface area contributed by atoms with Gasteiger partial charge in [0, 0.05) is 20.9 Å². The fourth-order valence-corrected chi connectivity index (χ4v) is 1.74. The van der Waals surface area contributed by atoms with Gasteiger partial charge in [-0.15, -0.1) is 0 Å². The van der Waals surface area contributed by atoms with E-state index in [1.54, 1.807) is 6.07 Å². The lowest BCUT2D eigenvalue weighted by Crippen LogP contribution is -2.22. The number of esters is 1. The summed E-state index contributed by atoms with van der Waals surface area (Å²) in [6, 6.07) is 2.62. The summed E-state index contributed by atoms with van der Waals surface area (Å²) in [6.07, 6.45) is 1.50. The summed E-state index contributed by atoms with van der Waals surface area (Å²) in [6.45, 7) is 7.46. The fraction of sp³-hybridized carbons (Fsp3) is 0.600. The highest BCUT2D eigenvalue weighted by Gasteiger charge is 2.12. The van der Waals surface area contributed by atoms with Crippen molar-refractivity contribution in [1.29, 1.82) is 0 Å². The maximum absolute atomic E-state index is 11.3. The number of nitrogens with one attached hydrogen (secondary N) is 1. The molecule has 0 saturated carbocycles. The molecule has 16 heavy (non-hydrogen) atoms. The van der Waals surface area contributed by atoms with Gasteiger partial charge in [-0.2, -0.15) is 5.10 Å². The molecule has 5 nitrogen and oxygen atoms in total. The van der Waals surface area contributed by atoms with Crippen molar-refractivity contribution in [2.24, 2.45) is 0 Å². The molecule has 0 aromatic carbocycles. The van der Waals surface area contributed by atoms with E-state index in [0.717, 1.165) is 6.04 Å². The summed E-state index contributed by atoms with van der Waals surface area (Å²) in [5.41, 5.74) is 0.341. The fourth-order valence-electron chi connectivity index (χ4n) is 0.980. The first kappa shape index (κ1) is 12.9. The van der Waals surface area contributed by atoms with E-state index in [1.165, 1.54) is 6.20 Å². The molecule has 6 heteroatoms. The normalized spacial score (nSPS) is 11.4. The number of aromatic amines is 1. The third-order valence-electron chi connectivity index (χ3n) is 1.99. The predicted molar refractivity (Wildman–Crippen MR) is 63.0 cm³/mol. The summed E-state index contributed by atoms with van der Waals surface area (Å²) < 4.78 is 10.1. The Balaban J connectivity index is 2.10. The van der Waals surface area contributed by atoms with Crippen molar-refractivity contribution in [2.75, 3.05) is 13.4 Å². The number of rotatable bonds is 6. The maximum Gasteiger partial charge on any atom is 0.358 e. The van der Waals surface area contributed by atoms with Crippen LogP contribution in [0.25, 0.3) is 0 Å². The van der Waals surface area contributed by atoms with Crippen molar-refractivity contribution in [3.63, 3.8) is 0 Å². The molecule has 0 radical (unpaired) electrons. The Morgan fingerprint density at radius 1 is 1.50 bits per heavy atom. The Kier molecular flexibility index (Phi) is 4.69. The number of aromatic nitrogens is 2. The Hall–Kier alpha value is -1.14. The highest BCUT2D eigenvalue weighted by atomic mass is 28.3. The Morgan fingerprint density at radius 3 is 2.81 bits per heavy atom. The third-order valence-corrected chi connectivity index (χ3v) is 3.69. The molecule has 1 N–H and O–H groups in total. The molecule has 0 fully saturated rings. The van der Waals surface area contributed by atoms with Gasteiger partial charge in [-0.05, 0) is 12.1 Å². The lowest BCUT2D eigenvalue weighted by molar-refractivity contribution is -0.0280. The van der Waals surface area contributed by atoms with Gasteiger partial charge in [-0.3, -0.25) is 5.10 Å². The van der Waals surface area contributed by atoms with Gasteiger partial charge in [0.05, 0.1) is 0 Å². The molecule has 0 amide bonds. The molecular formula is C10H18N2O3Si. The largest absolute Gasteiger partial charge is 0.434 e. The van der Waals surface area contributed by atoms with Crippen LogP contribution in [-0.2, 0) is 9.47 Å². The van der Waals surface area contributed by atoms with Gasteiger partial charge in [0.25, 0.3) is 0 Å². The molecule has 0 bridgehead atoms. The van der Waals surface area contributed by atoms with Crippen LogP contribution in [0.2, 0.25) is 25.7 Å². The number of nitrogens with zero attached hydrogens (tertiary/aromatic N) is 1. The number of carbonyl (C=O) groups is 1. The van der Waals surface area contributed by atoms with Gasteiger partial charge in [0.15, 0.2) is 6.79 Å². The van der Waals surface area contributed by atoms with Crippen LogP contribution >= 0.6 is 0 Å². The average Bonchev–Trinajstić information content (AvgIpc) is 2.67. The van der Waals surface area contributed by atoms with Crippen molar-refractivity contribution in [3.05, 3.63) is 18.0 Å². The number of hydrogen-bond acceptors (Lipinski definition) is 4. The van der Waals surface area contributed by atoms with Gasteiger partial charge >= 0.3 is 5.97 Å². The van der Waals surface area contributed by atoms with Crippen LogP contribution in [0.4, 0.5) is 0 Å². The van der Waals surface area contributed by atoms with E-state index in [0.29, 0.717) is 12.3 Å². The summed E-state index contributed by atoms with van der Waals surface area (Å²) in [7, 11) is -1.07. The van der Waals surface area contributed by atoms with Gasteiger partial charge in [-0.25, -0.2) is 4.79 Å². The van der Waals surface area contributed by atoms with E-state index < -0.39 is 14.0 Å². The average molecular weight is 242 g/mol. The molecule has 0 aliphatic heterocycles. The minimum absolute atomic E-state index is 0.00231. The SMILES string of the molecule is C[Si](C)(C)CCOCOC(=O)c1ccn[nH]1. The molecular weight excluding hydrogens is 224 g/mol. The topological polar surface area (TPSA) is 64.2 Å². The van der Waals surface area contributed by atoms with E-state index >= 15 is 0 Å². The molecule has 1 aromatic rings. The third kappa shape index (κ3) is 5.08. The molecule has 90 valence electrons. The first-order chi connectivity index (χ1) is 7.49. The molecule has 1 rings (SSSR count). The molecule has 0 atom stereocenters. The predicted octanol–water partition coefficient (Wildman–Crippen LogP) is 1.88. The van der Waals surface area contributed by atoms with E-state index in [9.17, 15) is 4.79 Å². The lowest BCUT2D eigenvalue weighted by atomic mass is 10.4. The standard InChI is InChI=1S/C10H18N2O3Si/c1-16(2,3)7-6-14-8-15-10(13)9-4-5-11-12-9/h4-5H,6-8H2,1-3H3,(H,11,12). The zero-order valence-electron chi connectivity index (χ0n) is 9.95. The van der Waals surface area contributed by atoms with Crippen molar-refractivity contribution in [3.8, 4) is 0 Å². The van der Waals surface area contributed by atoms with Gasteiger partial charge < -0.3 is 9.47 Å². The first-order valence-electron chi connectivity index (χ1n) is 5.23. The van der Waals surface area contributed by atoms with Crippen molar-refractivity contribution in [2.45, 2.75) is 25.7 Å². The molecule has 0 saturated heterocycles. The second kappa shape index (κ2) is 5.81. The second-order valence-corrected chi connectivity index (χ2v) is 10.4. The van der Waals surface area contributed by atoms with Gasteiger partial charge in [0.2, 0.25) is 0 Å². The van der Waals surface area contributed by atoms with Crippen LogP contribution < -0.4 is 0 Å². The molecule has 0 aliphatic carbocycles. The van der Waals surface area contributed by atoms with E-state index in [-0.39, 0.29) is 6.79 Å². The molecule has 1 heterocycles. The van der Waals surface area contributed by atoms with Crippen molar-refractivity contribution < 1.29 is 14.3 Å². The van der Waals surface area contributed by atoms with Crippen LogP contribution in [0.3, 0.4) is 0 Å². The Bertz CT molecular complexity index is 319. The summed E-state index contributed by atoms with van der Waals surface area (Å²) >= 11 is 0. The Morgan fingerprint density at radius 2 is 2.25 bits per heavy atom. The van der Waals surface area contributed by atoms with Gasteiger partial charge in [0.1, 0.15) is 5.69 Å². The highest BCUT2D eigenvalue weighted by Crippen LogP contribution is 2.07. The number of hydrogen-bond donors (Lipinski definition) is 1. The maximum atomic E-state index is 11.3. The molecule has 0 spiro atoms. The summed E-state index contributed by atoms with van der Waals surface area (Å²) in [4.78, 5) is 11.3. The quantitative estimate of drug-likeness (QED) is 0.358. The number of H-pyrrole nitrogens is 1. The lowest BCUT2D eigenvalue weighted by Gasteiger charge is -2.15. The van der Waals surface area contributed by atoms with Crippen LogP contribution in [0.15, 0.2) is 12.3 Å². The van der Waals surface area contributed by atoms with Crippen LogP contribution in [0, 0.1) is 0 Å². The van der Waals surface area contributed by atoms with E-state index in [4.69, 9.17) is 9.47 Å². The smallest absolute Gasteiger partial charge is 0.358 e. The van der Waals surface area contributed by atoms with Crippen LogP contribution in [-0.4, -0.2) is 37.6 Å². The number of ether oxygens (including phenoxy) is 2. The van der Waals surface area contributed by atoms with Crippen LogP contribution in [0.1, 0.15) is 10.5 Å².